The first-order chi connectivity index (χ1) is 12.8. The van der Waals surface area contributed by atoms with Crippen LogP contribution in [0.25, 0.3) is 0 Å². The standard InChI is InChI=1S/C21H25N5O/c1-20(2,3)19-24-16-15(18(27)25-19)7-9-21(16)8-5-11-26(13-21)17-14(12-22)6-4-10-23-17/h4,6,10H,5,7-9,11,13H2,1-3H3,(H,24,25,27). The molecule has 4 rings (SSSR count). The molecule has 6 nitrogen and oxygen atoms in total. The van der Waals surface area contributed by atoms with Gasteiger partial charge in [-0.3, -0.25) is 4.79 Å². The SMILES string of the molecule is CC(C)(C)c1nc2c(c(=O)[nH]1)CCC21CCCN(c2ncccc2C#N)C1. The van der Waals surface area contributed by atoms with Crippen LogP contribution in [0.2, 0.25) is 0 Å². The number of H-pyrrole nitrogens is 1. The van der Waals surface area contributed by atoms with E-state index in [-0.39, 0.29) is 16.4 Å². The largest absolute Gasteiger partial charge is 0.355 e. The molecule has 2 aliphatic rings. The van der Waals surface area contributed by atoms with Crippen molar-refractivity contribution in [3.63, 3.8) is 0 Å². The Kier molecular flexibility index (Phi) is 4.06. The number of nitriles is 1. The first-order valence-electron chi connectivity index (χ1n) is 9.58. The van der Waals surface area contributed by atoms with E-state index in [0.29, 0.717) is 5.56 Å². The third-order valence-corrected chi connectivity index (χ3v) is 5.87. The van der Waals surface area contributed by atoms with Crippen LogP contribution >= 0.6 is 0 Å². The highest BCUT2D eigenvalue weighted by molar-refractivity contribution is 5.55. The van der Waals surface area contributed by atoms with Crippen molar-refractivity contribution in [1.29, 1.82) is 5.26 Å². The van der Waals surface area contributed by atoms with E-state index in [1.54, 1.807) is 12.3 Å². The van der Waals surface area contributed by atoms with E-state index in [1.165, 1.54) is 0 Å². The Labute approximate surface area is 159 Å². The molecule has 1 saturated heterocycles. The van der Waals surface area contributed by atoms with Gasteiger partial charge in [-0.2, -0.15) is 5.26 Å². The van der Waals surface area contributed by atoms with Crippen LogP contribution in [-0.2, 0) is 17.3 Å². The average Bonchev–Trinajstić information content (AvgIpc) is 2.99. The Morgan fingerprint density at radius 1 is 1.33 bits per heavy atom. The van der Waals surface area contributed by atoms with Crippen molar-refractivity contribution in [2.75, 3.05) is 18.0 Å². The third kappa shape index (κ3) is 2.91. The number of pyridine rings is 1. The molecule has 3 heterocycles. The number of fused-ring (bicyclic) bond motifs is 2. The Morgan fingerprint density at radius 2 is 2.15 bits per heavy atom. The van der Waals surface area contributed by atoms with Gasteiger partial charge in [0.1, 0.15) is 17.7 Å². The molecule has 0 amide bonds. The summed E-state index contributed by atoms with van der Waals surface area (Å²) in [5.41, 5.74) is 2.08. The summed E-state index contributed by atoms with van der Waals surface area (Å²) in [5.74, 6) is 1.49. The van der Waals surface area contributed by atoms with Crippen LogP contribution in [0, 0.1) is 11.3 Å². The third-order valence-electron chi connectivity index (χ3n) is 5.87. The number of hydrogen-bond donors (Lipinski definition) is 1. The molecule has 1 atom stereocenters. The highest BCUT2D eigenvalue weighted by Crippen LogP contribution is 2.44. The molecular weight excluding hydrogens is 338 g/mol. The lowest BCUT2D eigenvalue weighted by Crippen LogP contribution is -2.46. The molecule has 1 aliphatic carbocycles. The van der Waals surface area contributed by atoms with E-state index in [4.69, 9.17) is 4.98 Å². The molecule has 1 N–H and O–H groups in total. The predicted molar refractivity (Wildman–Crippen MR) is 104 cm³/mol. The van der Waals surface area contributed by atoms with E-state index in [0.717, 1.165) is 61.7 Å². The second kappa shape index (κ2) is 6.19. The van der Waals surface area contributed by atoms with Crippen LogP contribution in [0.15, 0.2) is 23.1 Å². The minimum absolute atomic E-state index is 0.00877. The lowest BCUT2D eigenvalue weighted by Gasteiger charge is -2.41. The van der Waals surface area contributed by atoms with Crippen molar-refractivity contribution in [3.05, 3.63) is 51.3 Å². The highest BCUT2D eigenvalue weighted by Gasteiger charge is 2.45. The molecule has 1 fully saturated rings. The summed E-state index contributed by atoms with van der Waals surface area (Å²) in [7, 11) is 0. The van der Waals surface area contributed by atoms with Gasteiger partial charge in [-0.25, -0.2) is 9.97 Å². The molecule has 2 aromatic rings. The number of rotatable bonds is 1. The first kappa shape index (κ1) is 17.7. The Hall–Kier alpha value is -2.68. The molecule has 2 aromatic heterocycles. The second-order valence-corrected chi connectivity index (χ2v) is 8.78. The number of aromatic nitrogens is 3. The molecule has 27 heavy (non-hydrogen) atoms. The van der Waals surface area contributed by atoms with Crippen molar-refractivity contribution in [3.8, 4) is 6.07 Å². The topological polar surface area (TPSA) is 85.7 Å². The van der Waals surface area contributed by atoms with Gasteiger partial charge < -0.3 is 9.88 Å². The van der Waals surface area contributed by atoms with E-state index >= 15 is 0 Å². The Morgan fingerprint density at radius 3 is 2.89 bits per heavy atom. The van der Waals surface area contributed by atoms with Gasteiger partial charge in [-0.15, -0.1) is 0 Å². The van der Waals surface area contributed by atoms with Crippen LogP contribution < -0.4 is 10.5 Å². The average molecular weight is 363 g/mol. The van der Waals surface area contributed by atoms with Crippen LogP contribution in [0.5, 0.6) is 0 Å². The zero-order valence-electron chi connectivity index (χ0n) is 16.2. The van der Waals surface area contributed by atoms with Gasteiger partial charge in [0.2, 0.25) is 0 Å². The normalized spacial score (nSPS) is 21.9. The minimum atomic E-state index is -0.207. The molecule has 1 aliphatic heterocycles. The van der Waals surface area contributed by atoms with E-state index < -0.39 is 0 Å². The Balaban J connectivity index is 1.77. The second-order valence-electron chi connectivity index (χ2n) is 8.78. The molecule has 0 bridgehead atoms. The summed E-state index contributed by atoms with van der Waals surface area (Å²) in [6.07, 6.45) is 5.45. The number of aromatic amines is 1. The van der Waals surface area contributed by atoms with Crippen LogP contribution in [-0.4, -0.2) is 28.0 Å². The van der Waals surface area contributed by atoms with Gasteiger partial charge in [0.05, 0.1) is 11.3 Å². The van der Waals surface area contributed by atoms with Crippen molar-refractivity contribution in [1.82, 2.24) is 15.0 Å². The summed E-state index contributed by atoms with van der Waals surface area (Å²) in [6.45, 7) is 7.84. The fourth-order valence-corrected chi connectivity index (χ4v) is 4.45. The van der Waals surface area contributed by atoms with Crippen LogP contribution in [0.1, 0.15) is 62.7 Å². The molecular formula is C21H25N5O. The summed E-state index contributed by atoms with van der Waals surface area (Å²) in [5, 5.41) is 9.45. The first-order valence-corrected chi connectivity index (χ1v) is 9.58. The molecule has 1 spiro atoms. The molecule has 0 aromatic carbocycles. The Bertz CT molecular complexity index is 981. The van der Waals surface area contributed by atoms with E-state index in [2.05, 4.69) is 41.7 Å². The maximum atomic E-state index is 12.7. The maximum Gasteiger partial charge on any atom is 0.254 e. The molecule has 0 saturated carbocycles. The van der Waals surface area contributed by atoms with Gasteiger partial charge >= 0.3 is 0 Å². The van der Waals surface area contributed by atoms with Gasteiger partial charge in [0, 0.05) is 35.7 Å². The highest BCUT2D eigenvalue weighted by atomic mass is 16.1. The fraction of sp³-hybridized carbons (Fsp3) is 0.524. The number of anilines is 1. The smallest absolute Gasteiger partial charge is 0.254 e. The van der Waals surface area contributed by atoms with Crippen molar-refractivity contribution in [2.24, 2.45) is 0 Å². The van der Waals surface area contributed by atoms with Crippen molar-refractivity contribution >= 4 is 5.82 Å². The number of hydrogen-bond acceptors (Lipinski definition) is 5. The van der Waals surface area contributed by atoms with Crippen molar-refractivity contribution in [2.45, 2.75) is 57.3 Å². The molecule has 6 heteroatoms. The van der Waals surface area contributed by atoms with Crippen LogP contribution in [0.3, 0.4) is 0 Å². The fourth-order valence-electron chi connectivity index (χ4n) is 4.45. The number of nitrogens with zero attached hydrogens (tertiary/aromatic N) is 4. The quantitative estimate of drug-likeness (QED) is 0.842. The summed E-state index contributed by atoms with van der Waals surface area (Å²) < 4.78 is 0. The molecule has 140 valence electrons. The van der Waals surface area contributed by atoms with E-state index in [1.807, 2.05) is 6.07 Å². The van der Waals surface area contributed by atoms with Crippen LogP contribution in [0.4, 0.5) is 5.82 Å². The zero-order chi connectivity index (χ0) is 19.2. The lowest BCUT2D eigenvalue weighted by atomic mass is 9.77. The summed E-state index contributed by atoms with van der Waals surface area (Å²) in [6, 6.07) is 5.86. The summed E-state index contributed by atoms with van der Waals surface area (Å²) in [4.78, 5) is 27.3. The minimum Gasteiger partial charge on any atom is -0.355 e. The van der Waals surface area contributed by atoms with E-state index in [9.17, 15) is 10.1 Å². The van der Waals surface area contributed by atoms with Gasteiger partial charge in [-0.1, -0.05) is 20.8 Å². The lowest BCUT2D eigenvalue weighted by molar-refractivity contribution is 0.331. The number of nitrogens with one attached hydrogen (secondary N) is 1. The molecule has 1 unspecified atom stereocenters. The van der Waals surface area contributed by atoms with Gasteiger partial charge in [-0.05, 0) is 37.8 Å². The monoisotopic (exact) mass is 363 g/mol. The summed E-state index contributed by atoms with van der Waals surface area (Å²) >= 11 is 0. The van der Waals surface area contributed by atoms with Crippen molar-refractivity contribution < 1.29 is 0 Å². The predicted octanol–water partition coefficient (Wildman–Crippen LogP) is 2.82. The molecule has 0 radical (unpaired) electrons. The van der Waals surface area contributed by atoms with Gasteiger partial charge in [0.25, 0.3) is 5.56 Å². The number of piperidine rings is 1. The zero-order valence-corrected chi connectivity index (χ0v) is 16.2. The maximum absolute atomic E-state index is 12.7. The van der Waals surface area contributed by atoms with Gasteiger partial charge in [0.15, 0.2) is 0 Å².